The number of aryl methyl sites for hydroxylation is 2. The van der Waals surface area contributed by atoms with E-state index < -0.39 is 0 Å². The molecule has 1 N–H and O–H groups in total. The molecule has 25 heavy (non-hydrogen) atoms. The van der Waals surface area contributed by atoms with Crippen molar-refractivity contribution < 1.29 is 9.90 Å². The number of carbonyl (C=O) groups is 1. The van der Waals surface area contributed by atoms with Crippen LogP contribution in [0, 0.1) is 13.8 Å². The van der Waals surface area contributed by atoms with Crippen molar-refractivity contribution in [1.29, 1.82) is 0 Å². The number of hydrogen-bond donors (Lipinski definition) is 1. The summed E-state index contributed by atoms with van der Waals surface area (Å²) in [5, 5.41) is 11.8. The molecule has 0 saturated carbocycles. The highest BCUT2D eigenvalue weighted by molar-refractivity contribution is 7.48. The first-order valence-corrected chi connectivity index (χ1v) is 10.0. The first-order chi connectivity index (χ1) is 11.8. The smallest absolute Gasteiger partial charge is 0.160 e. The third-order valence-corrected chi connectivity index (χ3v) is 6.98. The maximum atomic E-state index is 12.1. The first kappa shape index (κ1) is 19.7. The molecule has 2 atom stereocenters. The number of phenols is 1. The molecule has 0 aromatic heterocycles. The zero-order valence-corrected chi connectivity index (χ0v) is 16.9. The van der Waals surface area contributed by atoms with Crippen LogP contribution in [0.3, 0.4) is 0 Å². The van der Waals surface area contributed by atoms with Gasteiger partial charge in [-0.1, -0.05) is 70.8 Å². The van der Waals surface area contributed by atoms with Gasteiger partial charge in [-0.15, -0.1) is 0 Å². The molecule has 2 unspecified atom stereocenters. The van der Waals surface area contributed by atoms with E-state index in [1.165, 1.54) is 5.56 Å². The van der Waals surface area contributed by atoms with Gasteiger partial charge in [-0.3, -0.25) is 4.79 Å². The van der Waals surface area contributed by atoms with Crippen LogP contribution in [0.25, 0.3) is 0 Å². The lowest BCUT2D eigenvalue weighted by Gasteiger charge is -2.35. The van der Waals surface area contributed by atoms with Gasteiger partial charge in [-0.2, -0.15) is 0 Å². The average molecular weight is 356 g/mol. The number of Topliss-reactive ketones (excluding diaryl/α,β-unsaturated/α-hetero) is 1. The van der Waals surface area contributed by atoms with E-state index in [2.05, 4.69) is 32.9 Å². The van der Waals surface area contributed by atoms with Crippen molar-refractivity contribution in [2.75, 3.05) is 0 Å². The van der Waals surface area contributed by atoms with Gasteiger partial charge in [0.15, 0.2) is 5.78 Å². The number of phenolic OH excluding ortho intramolecular Hbond substituents is 1. The van der Waals surface area contributed by atoms with Crippen molar-refractivity contribution in [3.8, 4) is 5.75 Å². The lowest BCUT2D eigenvalue weighted by molar-refractivity contribution is 0.101. The fourth-order valence-electron chi connectivity index (χ4n) is 3.63. The molecule has 2 aromatic rings. The summed E-state index contributed by atoms with van der Waals surface area (Å²) in [4.78, 5) is 12.1. The lowest BCUT2D eigenvalue weighted by Crippen LogP contribution is -2.25. The Morgan fingerprint density at radius 2 is 1.84 bits per heavy atom. The van der Waals surface area contributed by atoms with Crippen molar-refractivity contribution in [3.05, 3.63) is 58.7 Å². The van der Waals surface area contributed by atoms with Crippen LogP contribution in [0.4, 0.5) is 0 Å². The Hall–Kier alpha value is -1.66. The summed E-state index contributed by atoms with van der Waals surface area (Å²) in [7, 11) is 0.450. The third-order valence-electron chi connectivity index (χ3n) is 4.92. The van der Waals surface area contributed by atoms with Crippen LogP contribution >= 0.6 is 8.58 Å². The molecular formula is C22H29O2P. The average Bonchev–Trinajstić information content (AvgIpc) is 2.58. The predicted octanol–water partition coefficient (Wildman–Crippen LogP) is 5.62. The van der Waals surface area contributed by atoms with Crippen LogP contribution in [0.5, 0.6) is 5.75 Å². The molecule has 0 saturated heterocycles. The summed E-state index contributed by atoms with van der Waals surface area (Å²) in [5.74, 6) is 0.517. The fourth-order valence-corrected chi connectivity index (χ4v) is 5.59. The van der Waals surface area contributed by atoms with Gasteiger partial charge in [0.25, 0.3) is 0 Å². The molecule has 0 spiro atoms. The van der Waals surface area contributed by atoms with E-state index in [0.29, 0.717) is 14.3 Å². The van der Waals surface area contributed by atoms with Crippen molar-refractivity contribution >= 4 is 19.7 Å². The minimum absolute atomic E-state index is 0.106. The molecule has 0 aliphatic carbocycles. The van der Waals surface area contributed by atoms with Crippen molar-refractivity contribution in [2.24, 2.45) is 0 Å². The van der Waals surface area contributed by atoms with E-state index in [0.717, 1.165) is 41.3 Å². The predicted molar refractivity (Wildman–Crippen MR) is 109 cm³/mol. The zero-order chi connectivity index (χ0) is 18.6. The SMILES string of the molecule is CCCC(CC)(Pc1ccccc1C(C)=O)c1cc(C)cc(C)c1O. The van der Waals surface area contributed by atoms with Gasteiger partial charge in [0.2, 0.25) is 0 Å². The molecular weight excluding hydrogens is 327 g/mol. The molecule has 0 radical (unpaired) electrons. The number of benzene rings is 2. The van der Waals surface area contributed by atoms with Gasteiger partial charge in [-0.05, 0) is 44.5 Å². The van der Waals surface area contributed by atoms with Crippen LogP contribution in [-0.2, 0) is 5.16 Å². The van der Waals surface area contributed by atoms with Crippen molar-refractivity contribution in [1.82, 2.24) is 0 Å². The second-order valence-electron chi connectivity index (χ2n) is 6.89. The summed E-state index contributed by atoms with van der Waals surface area (Å²) in [6.45, 7) is 10.0. The number of aromatic hydroxyl groups is 1. The number of rotatable bonds is 7. The summed E-state index contributed by atoms with van der Waals surface area (Å²) in [6, 6.07) is 12.1. The first-order valence-electron chi connectivity index (χ1n) is 9.03. The Bertz CT molecular complexity index is 767. The van der Waals surface area contributed by atoms with Gasteiger partial charge in [0, 0.05) is 16.3 Å². The van der Waals surface area contributed by atoms with Crippen LogP contribution in [0.15, 0.2) is 36.4 Å². The molecule has 0 aliphatic rings. The molecule has 0 amide bonds. The largest absolute Gasteiger partial charge is 0.507 e. The summed E-state index contributed by atoms with van der Waals surface area (Å²) in [6.07, 6.45) is 2.96. The molecule has 0 fully saturated rings. The van der Waals surface area contributed by atoms with Crippen molar-refractivity contribution in [2.45, 2.75) is 59.0 Å². The van der Waals surface area contributed by atoms with E-state index >= 15 is 0 Å². The van der Waals surface area contributed by atoms with Gasteiger partial charge >= 0.3 is 0 Å². The lowest BCUT2D eigenvalue weighted by atomic mass is 9.88. The minimum Gasteiger partial charge on any atom is -0.507 e. The Balaban J connectivity index is 2.63. The van der Waals surface area contributed by atoms with Crippen LogP contribution in [-0.4, -0.2) is 10.9 Å². The van der Waals surface area contributed by atoms with Crippen molar-refractivity contribution in [3.63, 3.8) is 0 Å². The number of ketones is 1. The van der Waals surface area contributed by atoms with Gasteiger partial charge in [0.05, 0.1) is 0 Å². The minimum atomic E-state index is -0.138. The van der Waals surface area contributed by atoms with E-state index in [4.69, 9.17) is 0 Å². The molecule has 2 aromatic carbocycles. The fraction of sp³-hybridized carbons (Fsp3) is 0.409. The third kappa shape index (κ3) is 4.12. The van der Waals surface area contributed by atoms with Gasteiger partial charge in [-0.25, -0.2) is 0 Å². The molecule has 2 rings (SSSR count). The highest BCUT2D eigenvalue weighted by Gasteiger charge is 2.34. The van der Waals surface area contributed by atoms with E-state index in [1.807, 2.05) is 31.2 Å². The second kappa shape index (κ2) is 8.15. The molecule has 3 heteroatoms. The maximum absolute atomic E-state index is 12.1. The monoisotopic (exact) mass is 356 g/mol. The van der Waals surface area contributed by atoms with Crippen LogP contribution in [0.2, 0.25) is 0 Å². The number of carbonyl (C=O) groups excluding carboxylic acids is 1. The molecule has 134 valence electrons. The topological polar surface area (TPSA) is 37.3 Å². The Morgan fingerprint density at radius 3 is 2.44 bits per heavy atom. The Labute approximate surface area is 153 Å². The summed E-state index contributed by atoms with van der Waals surface area (Å²) >= 11 is 0. The highest BCUT2D eigenvalue weighted by atomic mass is 31.1. The van der Waals surface area contributed by atoms with Gasteiger partial charge in [0.1, 0.15) is 5.75 Å². The molecule has 2 nitrogen and oxygen atoms in total. The van der Waals surface area contributed by atoms with E-state index in [-0.39, 0.29) is 10.9 Å². The maximum Gasteiger partial charge on any atom is 0.160 e. The van der Waals surface area contributed by atoms with E-state index in [9.17, 15) is 9.90 Å². The Kier molecular flexibility index (Phi) is 6.41. The van der Waals surface area contributed by atoms with E-state index in [1.54, 1.807) is 6.92 Å². The number of hydrogen-bond acceptors (Lipinski definition) is 2. The van der Waals surface area contributed by atoms with Crippen LogP contribution in [0.1, 0.15) is 67.1 Å². The zero-order valence-electron chi connectivity index (χ0n) is 15.9. The second-order valence-corrected chi connectivity index (χ2v) is 8.64. The standard InChI is InChI=1S/C22H29O2P/c1-6-12-22(7-2,19-14-15(3)13-16(4)21(19)24)25-20-11-9-8-10-18(20)17(5)23/h8-11,13-14,24-25H,6-7,12H2,1-5H3. The summed E-state index contributed by atoms with van der Waals surface area (Å²) in [5.41, 5.74) is 3.93. The molecule has 0 aliphatic heterocycles. The quantitative estimate of drug-likeness (QED) is 0.516. The highest BCUT2D eigenvalue weighted by Crippen LogP contribution is 2.51. The van der Waals surface area contributed by atoms with Gasteiger partial charge < -0.3 is 5.11 Å². The summed E-state index contributed by atoms with van der Waals surface area (Å²) < 4.78 is 0. The molecule has 0 heterocycles. The van der Waals surface area contributed by atoms with Crippen LogP contribution < -0.4 is 5.30 Å². The normalized spacial score (nSPS) is 14.0. The Morgan fingerprint density at radius 1 is 1.16 bits per heavy atom. The molecule has 0 bridgehead atoms.